The van der Waals surface area contributed by atoms with Gasteiger partial charge in [-0.2, -0.15) is 0 Å². The second kappa shape index (κ2) is 8.66. The number of aromatic nitrogens is 1. The van der Waals surface area contributed by atoms with Gasteiger partial charge in [-0.25, -0.2) is 9.37 Å². The van der Waals surface area contributed by atoms with Gasteiger partial charge in [-0.3, -0.25) is 4.79 Å². The molecule has 1 fully saturated rings. The summed E-state index contributed by atoms with van der Waals surface area (Å²) in [6.07, 6.45) is 4.54. The second-order valence-electron chi connectivity index (χ2n) is 8.22. The minimum Gasteiger partial charge on any atom is -0.369 e. The van der Waals surface area contributed by atoms with Crippen molar-refractivity contribution in [3.63, 3.8) is 0 Å². The molecular formula is C23H28FN3OS. The van der Waals surface area contributed by atoms with Crippen LogP contribution in [0.1, 0.15) is 43.2 Å². The van der Waals surface area contributed by atoms with Crippen LogP contribution in [0.3, 0.4) is 0 Å². The van der Waals surface area contributed by atoms with Crippen LogP contribution in [0.15, 0.2) is 36.5 Å². The van der Waals surface area contributed by atoms with Crippen molar-refractivity contribution >= 4 is 17.2 Å². The molecule has 2 aliphatic rings. The molecule has 0 saturated carbocycles. The summed E-state index contributed by atoms with van der Waals surface area (Å²) in [5, 5.41) is 0.959. The highest BCUT2D eigenvalue weighted by Gasteiger charge is 2.24. The lowest BCUT2D eigenvalue weighted by atomic mass is 9.99. The van der Waals surface area contributed by atoms with E-state index in [0.29, 0.717) is 18.2 Å². The van der Waals surface area contributed by atoms with Gasteiger partial charge in [0.25, 0.3) is 0 Å². The summed E-state index contributed by atoms with van der Waals surface area (Å²) < 4.78 is 13.2. The summed E-state index contributed by atoms with van der Waals surface area (Å²) in [5.41, 5.74) is 3.21. The Morgan fingerprint density at radius 2 is 2.10 bits per heavy atom. The van der Waals surface area contributed by atoms with Gasteiger partial charge < -0.3 is 9.80 Å². The van der Waals surface area contributed by atoms with Crippen molar-refractivity contribution < 1.29 is 9.18 Å². The third-order valence-electron chi connectivity index (χ3n) is 5.90. The van der Waals surface area contributed by atoms with E-state index in [-0.39, 0.29) is 5.82 Å². The number of rotatable bonds is 6. The van der Waals surface area contributed by atoms with Crippen LogP contribution in [-0.4, -0.2) is 40.3 Å². The van der Waals surface area contributed by atoms with E-state index in [1.807, 2.05) is 4.90 Å². The van der Waals surface area contributed by atoms with Gasteiger partial charge in [-0.05, 0) is 49.4 Å². The number of thiazole rings is 1. The van der Waals surface area contributed by atoms with Crippen LogP contribution in [-0.2, 0) is 17.8 Å². The molecule has 6 heteroatoms. The van der Waals surface area contributed by atoms with Gasteiger partial charge in [0, 0.05) is 48.6 Å². The summed E-state index contributed by atoms with van der Waals surface area (Å²) >= 11 is 1.71. The highest BCUT2D eigenvalue weighted by atomic mass is 32.1. The van der Waals surface area contributed by atoms with Gasteiger partial charge in [-0.1, -0.05) is 13.5 Å². The summed E-state index contributed by atoms with van der Waals surface area (Å²) in [6, 6.07) is 6.55. The monoisotopic (exact) mass is 413 g/mol. The molecule has 1 aromatic heterocycles. The lowest BCUT2D eigenvalue weighted by Crippen LogP contribution is -2.39. The Labute approximate surface area is 176 Å². The summed E-state index contributed by atoms with van der Waals surface area (Å²) in [4.78, 5) is 22.5. The van der Waals surface area contributed by atoms with Gasteiger partial charge in [0.15, 0.2) is 0 Å². The lowest BCUT2D eigenvalue weighted by Gasteiger charge is -2.32. The summed E-state index contributed by atoms with van der Waals surface area (Å²) in [6.45, 7) is 9.98. The first kappa shape index (κ1) is 20.1. The van der Waals surface area contributed by atoms with Crippen LogP contribution in [0, 0.1) is 11.7 Å². The molecule has 3 heterocycles. The highest BCUT2D eigenvalue weighted by molar-refractivity contribution is 7.15. The number of fused-ring (bicyclic) bond motifs is 1. The number of amides is 1. The molecule has 1 aromatic carbocycles. The summed E-state index contributed by atoms with van der Waals surface area (Å²) in [5.74, 6) is 0.682. The number of piperidine rings is 1. The van der Waals surface area contributed by atoms with E-state index in [4.69, 9.17) is 4.98 Å². The predicted octanol–water partition coefficient (Wildman–Crippen LogP) is 4.86. The Morgan fingerprint density at radius 1 is 1.31 bits per heavy atom. The van der Waals surface area contributed by atoms with E-state index in [0.717, 1.165) is 73.8 Å². The number of carbonyl (C=O) groups is 1. The predicted molar refractivity (Wildman–Crippen MR) is 115 cm³/mol. The Bertz CT molecular complexity index is 892. The molecule has 0 unspecified atom stereocenters. The average Bonchev–Trinajstić information content (AvgIpc) is 3.14. The summed E-state index contributed by atoms with van der Waals surface area (Å²) in [7, 11) is 0. The Balaban J connectivity index is 1.31. The number of nitrogens with zero attached hydrogens (tertiary/aromatic N) is 3. The standard InChI is InChI=1S/C23H28FN3OS/c1-16-5-10-22(28)27(14-16)12-3-4-17(2)26-13-11-21-20(15-26)25-23(29-21)18-6-8-19(24)9-7-18/h6-9,16H,2-5,10-15H2,1H3/t16-/m1/s1. The van der Waals surface area contributed by atoms with Crippen molar-refractivity contribution in [1.82, 2.24) is 14.8 Å². The molecule has 29 heavy (non-hydrogen) atoms. The van der Waals surface area contributed by atoms with Crippen LogP contribution in [0.5, 0.6) is 0 Å². The zero-order chi connectivity index (χ0) is 20.4. The van der Waals surface area contributed by atoms with Gasteiger partial charge in [0.1, 0.15) is 10.8 Å². The lowest BCUT2D eigenvalue weighted by molar-refractivity contribution is -0.134. The molecule has 4 nitrogen and oxygen atoms in total. The SMILES string of the molecule is C=C(CCCN1C[C@H](C)CCC1=O)N1CCc2sc(-c3ccc(F)cc3)nc2C1. The van der Waals surface area contributed by atoms with Crippen LogP contribution >= 0.6 is 11.3 Å². The van der Waals surface area contributed by atoms with E-state index in [1.165, 1.54) is 17.0 Å². The minimum atomic E-state index is -0.224. The van der Waals surface area contributed by atoms with E-state index >= 15 is 0 Å². The number of benzene rings is 1. The van der Waals surface area contributed by atoms with Gasteiger partial charge in [0.05, 0.1) is 12.2 Å². The molecule has 1 atom stereocenters. The Kier molecular flexibility index (Phi) is 5.99. The number of allylic oxidation sites excluding steroid dienone is 1. The number of carbonyl (C=O) groups excluding carboxylic acids is 1. The van der Waals surface area contributed by atoms with Crippen LogP contribution in [0.2, 0.25) is 0 Å². The first-order valence-corrected chi connectivity index (χ1v) is 11.3. The van der Waals surface area contributed by atoms with Gasteiger partial charge in [0.2, 0.25) is 5.91 Å². The van der Waals surface area contributed by atoms with Crippen LogP contribution < -0.4 is 0 Å². The molecule has 0 aliphatic carbocycles. The quantitative estimate of drug-likeness (QED) is 0.679. The molecule has 1 saturated heterocycles. The first-order chi connectivity index (χ1) is 14.0. The highest BCUT2D eigenvalue weighted by Crippen LogP contribution is 2.33. The number of hydrogen-bond donors (Lipinski definition) is 0. The van der Waals surface area contributed by atoms with Crippen LogP contribution in [0.25, 0.3) is 10.6 Å². The third kappa shape index (κ3) is 4.69. The molecular weight excluding hydrogens is 385 g/mol. The number of likely N-dealkylation sites (tertiary alicyclic amines) is 1. The molecule has 4 rings (SSSR count). The molecule has 0 radical (unpaired) electrons. The van der Waals surface area contributed by atoms with Gasteiger partial charge >= 0.3 is 0 Å². The van der Waals surface area contributed by atoms with Crippen LogP contribution in [0.4, 0.5) is 4.39 Å². The van der Waals surface area contributed by atoms with Gasteiger partial charge in [-0.15, -0.1) is 11.3 Å². The maximum absolute atomic E-state index is 13.2. The fourth-order valence-corrected chi connectivity index (χ4v) is 5.19. The fraction of sp³-hybridized carbons (Fsp3) is 0.478. The zero-order valence-corrected chi connectivity index (χ0v) is 17.8. The Morgan fingerprint density at radius 3 is 2.90 bits per heavy atom. The molecule has 154 valence electrons. The first-order valence-electron chi connectivity index (χ1n) is 10.4. The average molecular weight is 414 g/mol. The minimum absolute atomic E-state index is 0.224. The molecule has 2 aromatic rings. The smallest absolute Gasteiger partial charge is 0.222 e. The van der Waals surface area contributed by atoms with E-state index < -0.39 is 0 Å². The van der Waals surface area contributed by atoms with E-state index in [9.17, 15) is 9.18 Å². The molecule has 2 aliphatic heterocycles. The number of halogens is 1. The number of hydrogen-bond acceptors (Lipinski definition) is 4. The fourth-order valence-electron chi connectivity index (χ4n) is 4.13. The molecule has 0 spiro atoms. The van der Waals surface area contributed by atoms with Crippen molar-refractivity contribution in [3.05, 3.63) is 52.9 Å². The second-order valence-corrected chi connectivity index (χ2v) is 9.30. The largest absolute Gasteiger partial charge is 0.369 e. The maximum atomic E-state index is 13.2. The topological polar surface area (TPSA) is 36.4 Å². The van der Waals surface area contributed by atoms with E-state index in [2.05, 4.69) is 18.4 Å². The van der Waals surface area contributed by atoms with E-state index in [1.54, 1.807) is 23.5 Å². The van der Waals surface area contributed by atoms with Crippen molar-refractivity contribution in [2.45, 2.75) is 45.6 Å². The molecule has 1 amide bonds. The van der Waals surface area contributed by atoms with Crippen molar-refractivity contribution in [2.24, 2.45) is 5.92 Å². The zero-order valence-electron chi connectivity index (χ0n) is 17.0. The Hall–Kier alpha value is -2.21. The van der Waals surface area contributed by atoms with Crippen molar-refractivity contribution in [2.75, 3.05) is 19.6 Å². The normalized spacial score (nSPS) is 19.4. The third-order valence-corrected chi connectivity index (χ3v) is 7.10. The van der Waals surface area contributed by atoms with Crippen molar-refractivity contribution in [1.29, 1.82) is 0 Å². The maximum Gasteiger partial charge on any atom is 0.222 e. The molecule has 0 bridgehead atoms. The van der Waals surface area contributed by atoms with Crippen molar-refractivity contribution in [3.8, 4) is 10.6 Å². The molecule has 0 N–H and O–H groups in total.